The fourth-order valence-corrected chi connectivity index (χ4v) is 3.47. The molecule has 0 saturated carbocycles. The van der Waals surface area contributed by atoms with Crippen LogP contribution in [0.15, 0.2) is 71.2 Å². The smallest absolute Gasteiger partial charge is 0.124 e. The van der Waals surface area contributed by atoms with E-state index < -0.39 is 0 Å². The molecule has 0 fully saturated rings. The van der Waals surface area contributed by atoms with Crippen LogP contribution < -0.4 is 10.1 Å². The largest absolute Gasteiger partial charge is 0.489 e. The van der Waals surface area contributed by atoms with E-state index in [1.165, 1.54) is 5.56 Å². The third-order valence-corrected chi connectivity index (χ3v) is 5.53. The summed E-state index contributed by atoms with van der Waals surface area (Å²) >= 11 is 15.6. The highest BCUT2D eigenvalue weighted by molar-refractivity contribution is 9.10. The van der Waals surface area contributed by atoms with Crippen molar-refractivity contribution in [3.05, 3.63) is 97.9 Å². The molecule has 0 aliphatic rings. The van der Waals surface area contributed by atoms with Crippen LogP contribution in [0.25, 0.3) is 0 Å². The van der Waals surface area contributed by atoms with Crippen molar-refractivity contribution in [2.75, 3.05) is 0 Å². The highest BCUT2D eigenvalue weighted by atomic mass is 79.9. The fraction of sp³-hybridized carbons (Fsp3) is 0.182. The van der Waals surface area contributed by atoms with Crippen LogP contribution in [0.2, 0.25) is 10.0 Å². The minimum absolute atomic E-state index is 0.244. The van der Waals surface area contributed by atoms with E-state index >= 15 is 0 Å². The van der Waals surface area contributed by atoms with Gasteiger partial charge in [0.2, 0.25) is 0 Å². The van der Waals surface area contributed by atoms with Gasteiger partial charge >= 0.3 is 0 Å². The predicted molar refractivity (Wildman–Crippen MR) is 117 cm³/mol. The molecule has 3 aromatic rings. The molecule has 0 bridgehead atoms. The van der Waals surface area contributed by atoms with Crippen molar-refractivity contribution in [2.45, 2.75) is 26.1 Å². The van der Waals surface area contributed by atoms with Crippen LogP contribution >= 0.6 is 39.1 Å². The lowest BCUT2D eigenvalue weighted by Crippen LogP contribution is -2.18. The summed E-state index contributed by atoms with van der Waals surface area (Å²) < 4.78 is 7.07. The number of nitrogens with one attached hydrogen (secondary N) is 1. The molecule has 0 aliphatic heterocycles. The van der Waals surface area contributed by atoms with E-state index in [4.69, 9.17) is 27.9 Å². The van der Waals surface area contributed by atoms with E-state index in [1.54, 1.807) is 6.07 Å². The van der Waals surface area contributed by atoms with Crippen LogP contribution in [0.3, 0.4) is 0 Å². The predicted octanol–water partition coefficient (Wildman–Crippen LogP) is 7.19. The summed E-state index contributed by atoms with van der Waals surface area (Å²) in [6.45, 7) is 3.29. The first-order valence-electron chi connectivity index (χ1n) is 8.66. The summed E-state index contributed by atoms with van der Waals surface area (Å²) in [6, 6.07) is 22.2. The standard InChI is InChI=1S/C22H20BrCl2NO/c1-15(17-5-3-2-4-6-17)26-13-18-12-19(23)8-10-22(18)27-14-16-7-9-20(24)21(25)11-16/h2-12,15,26H,13-14H2,1H3. The van der Waals surface area contributed by atoms with Crippen LogP contribution in [0.5, 0.6) is 5.75 Å². The van der Waals surface area contributed by atoms with Crippen LogP contribution in [-0.4, -0.2) is 0 Å². The summed E-state index contributed by atoms with van der Waals surface area (Å²) in [6.07, 6.45) is 0. The van der Waals surface area contributed by atoms with E-state index in [0.717, 1.165) is 21.3 Å². The van der Waals surface area contributed by atoms with Gasteiger partial charge in [-0.25, -0.2) is 0 Å². The maximum Gasteiger partial charge on any atom is 0.124 e. The molecule has 0 saturated heterocycles. The maximum atomic E-state index is 6.09. The zero-order valence-corrected chi connectivity index (χ0v) is 18.0. The molecule has 27 heavy (non-hydrogen) atoms. The second-order valence-electron chi connectivity index (χ2n) is 6.30. The Balaban J connectivity index is 1.68. The van der Waals surface area contributed by atoms with Gasteiger partial charge in [0.1, 0.15) is 12.4 Å². The molecule has 1 N–H and O–H groups in total. The van der Waals surface area contributed by atoms with E-state index in [1.807, 2.05) is 30.3 Å². The molecule has 1 atom stereocenters. The van der Waals surface area contributed by atoms with E-state index in [9.17, 15) is 0 Å². The number of hydrogen-bond acceptors (Lipinski definition) is 2. The van der Waals surface area contributed by atoms with Crippen molar-refractivity contribution >= 4 is 39.1 Å². The average molecular weight is 465 g/mol. The van der Waals surface area contributed by atoms with E-state index in [2.05, 4.69) is 58.5 Å². The number of halogens is 3. The summed E-state index contributed by atoms with van der Waals surface area (Å²) in [4.78, 5) is 0. The highest BCUT2D eigenvalue weighted by Crippen LogP contribution is 2.27. The van der Waals surface area contributed by atoms with Gasteiger partial charge in [0.25, 0.3) is 0 Å². The number of hydrogen-bond donors (Lipinski definition) is 1. The molecule has 3 rings (SSSR count). The van der Waals surface area contributed by atoms with E-state index in [0.29, 0.717) is 23.2 Å². The van der Waals surface area contributed by atoms with Gasteiger partial charge in [-0.3, -0.25) is 0 Å². The molecule has 1 unspecified atom stereocenters. The molecule has 0 aromatic heterocycles. The lowest BCUT2D eigenvalue weighted by Gasteiger charge is -2.17. The first kappa shape index (κ1) is 20.2. The number of rotatable bonds is 7. The molecule has 0 radical (unpaired) electrons. The summed E-state index contributed by atoms with van der Waals surface area (Å²) in [7, 11) is 0. The molecule has 5 heteroatoms. The van der Waals surface area contributed by atoms with Crippen molar-refractivity contribution in [2.24, 2.45) is 0 Å². The van der Waals surface area contributed by atoms with Gasteiger partial charge in [-0.15, -0.1) is 0 Å². The van der Waals surface area contributed by atoms with E-state index in [-0.39, 0.29) is 6.04 Å². The van der Waals surface area contributed by atoms with Crippen molar-refractivity contribution < 1.29 is 4.74 Å². The van der Waals surface area contributed by atoms with Gasteiger partial charge in [0.15, 0.2) is 0 Å². The zero-order chi connectivity index (χ0) is 19.2. The lowest BCUT2D eigenvalue weighted by molar-refractivity contribution is 0.301. The Bertz CT molecular complexity index is 902. The zero-order valence-electron chi connectivity index (χ0n) is 14.9. The molecule has 0 spiro atoms. The Labute approximate surface area is 178 Å². The third-order valence-electron chi connectivity index (χ3n) is 4.30. The molecule has 3 aromatic carbocycles. The first-order valence-corrected chi connectivity index (χ1v) is 10.2. The van der Waals surface area contributed by atoms with Crippen molar-refractivity contribution in [3.63, 3.8) is 0 Å². The number of ether oxygens (including phenoxy) is 1. The van der Waals surface area contributed by atoms with Crippen LogP contribution in [0.4, 0.5) is 0 Å². The Morgan fingerprint density at radius 3 is 2.48 bits per heavy atom. The van der Waals surface area contributed by atoms with Gasteiger partial charge in [0, 0.05) is 22.6 Å². The lowest BCUT2D eigenvalue weighted by atomic mass is 10.1. The molecular formula is C22H20BrCl2NO. The summed E-state index contributed by atoms with van der Waals surface area (Å²) in [5.74, 6) is 0.844. The Morgan fingerprint density at radius 2 is 1.74 bits per heavy atom. The second kappa shape index (κ2) is 9.61. The number of benzene rings is 3. The van der Waals surface area contributed by atoms with Gasteiger partial charge in [0.05, 0.1) is 10.0 Å². The fourth-order valence-electron chi connectivity index (χ4n) is 2.74. The molecule has 0 aliphatic carbocycles. The molecular weight excluding hydrogens is 445 g/mol. The molecule has 0 heterocycles. The van der Waals surface area contributed by atoms with Crippen molar-refractivity contribution in [1.82, 2.24) is 5.32 Å². The highest BCUT2D eigenvalue weighted by Gasteiger charge is 2.09. The minimum atomic E-state index is 0.244. The van der Waals surface area contributed by atoms with Crippen LogP contribution in [0, 0.1) is 0 Å². The third kappa shape index (κ3) is 5.73. The average Bonchev–Trinajstić information content (AvgIpc) is 2.68. The molecule has 2 nitrogen and oxygen atoms in total. The summed E-state index contributed by atoms with van der Waals surface area (Å²) in [5.41, 5.74) is 3.32. The van der Waals surface area contributed by atoms with Gasteiger partial charge < -0.3 is 10.1 Å². The Morgan fingerprint density at radius 1 is 0.963 bits per heavy atom. The van der Waals surface area contributed by atoms with Crippen LogP contribution in [0.1, 0.15) is 29.7 Å². The topological polar surface area (TPSA) is 21.3 Å². The Kier molecular flexibility index (Phi) is 7.20. The van der Waals surface area contributed by atoms with Gasteiger partial charge in [-0.2, -0.15) is 0 Å². The minimum Gasteiger partial charge on any atom is -0.489 e. The van der Waals surface area contributed by atoms with Gasteiger partial charge in [-0.1, -0.05) is 75.5 Å². The normalized spacial score (nSPS) is 12.0. The monoisotopic (exact) mass is 463 g/mol. The van der Waals surface area contributed by atoms with Gasteiger partial charge in [-0.05, 0) is 48.4 Å². The SMILES string of the molecule is CC(NCc1cc(Br)ccc1OCc1ccc(Cl)c(Cl)c1)c1ccccc1. The summed E-state index contributed by atoms with van der Waals surface area (Å²) in [5, 5.41) is 4.64. The first-order chi connectivity index (χ1) is 13.0. The molecule has 0 amide bonds. The maximum absolute atomic E-state index is 6.09. The van der Waals surface area contributed by atoms with Crippen molar-refractivity contribution in [1.29, 1.82) is 0 Å². The second-order valence-corrected chi connectivity index (χ2v) is 8.03. The molecule has 140 valence electrons. The van der Waals surface area contributed by atoms with Crippen LogP contribution in [-0.2, 0) is 13.2 Å². The Hall–Kier alpha value is -1.52. The quantitative estimate of drug-likeness (QED) is 0.399. The van der Waals surface area contributed by atoms with Crippen molar-refractivity contribution in [3.8, 4) is 5.75 Å².